The fourth-order valence-electron chi connectivity index (χ4n) is 1.85. The SMILES string of the molecule is C=C1CCC(=Cc2ccccc2OC)C1=O. The molecule has 16 heavy (non-hydrogen) atoms. The van der Waals surface area contributed by atoms with Gasteiger partial charge in [0.1, 0.15) is 5.75 Å². The molecule has 2 heteroatoms. The summed E-state index contributed by atoms with van der Waals surface area (Å²) < 4.78 is 5.24. The van der Waals surface area contributed by atoms with E-state index in [1.807, 2.05) is 30.3 Å². The van der Waals surface area contributed by atoms with Crippen molar-refractivity contribution in [1.29, 1.82) is 0 Å². The highest BCUT2D eigenvalue weighted by Crippen LogP contribution is 2.29. The van der Waals surface area contributed by atoms with Gasteiger partial charge in [-0.05, 0) is 30.6 Å². The minimum atomic E-state index is 0.0888. The van der Waals surface area contributed by atoms with Gasteiger partial charge in [-0.2, -0.15) is 0 Å². The second-order valence-electron chi connectivity index (χ2n) is 3.84. The molecule has 82 valence electrons. The summed E-state index contributed by atoms with van der Waals surface area (Å²) in [5.41, 5.74) is 2.48. The van der Waals surface area contributed by atoms with Gasteiger partial charge in [-0.15, -0.1) is 0 Å². The number of rotatable bonds is 2. The summed E-state index contributed by atoms with van der Waals surface area (Å²) in [5.74, 6) is 0.881. The van der Waals surface area contributed by atoms with E-state index in [0.717, 1.165) is 29.7 Å². The van der Waals surface area contributed by atoms with E-state index in [1.165, 1.54) is 0 Å². The third-order valence-electron chi connectivity index (χ3n) is 2.78. The number of Topliss-reactive ketones (excluding diaryl/α,β-unsaturated/α-hetero) is 1. The lowest BCUT2D eigenvalue weighted by atomic mass is 10.1. The molecule has 0 amide bonds. The largest absolute Gasteiger partial charge is 0.496 e. The fourth-order valence-corrected chi connectivity index (χ4v) is 1.85. The number of carbonyl (C=O) groups is 1. The standard InChI is InChI=1S/C14H14O2/c1-10-7-8-12(14(10)15)9-11-5-3-4-6-13(11)16-2/h3-6,9H,1,7-8H2,2H3. The molecule has 2 nitrogen and oxygen atoms in total. The van der Waals surface area contributed by atoms with Gasteiger partial charge in [0.15, 0.2) is 5.78 Å². The van der Waals surface area contributed by atoms with Gasteiger partial charge >= 0.3 is 0 Å². The molecule has 0 radical (unpaired) electrons. The van der Waals surface area contributed by atoms with Gasteiger partial charge in [-0.1, -0.05) is 24.8 Å². The van der Waals surface area contributed by atoms with Crippen molar-refractivity contribution in [2.45, 2.75) is 12.8 Å². The lowest BCUT2D eigenvalue weighted by Crippen LogP contribution is -1.94. The van der Waals surface area contributed by atoms with E-state index in [4.69, 9.17) is 4.74 Å². The van der Waals surface area contributed by atoms with Gasteiger partial charge in [0, 0.05) is 11.1 Å². The summed E-state index contributed by atoms with van der Waals surface area (Å²) in [6, 6.07) is 7.68. The summed E-state index contributed by atoms with van der Waals surface area (Å²) in [7, 11) is 1.63. The second kappa shape index (κ2) is 4.35. The summed E-state index contributed by atoms with van der Waals surface area (Å²) >= 11 is 0. The Morgan fingerprint density at radius 2 is 2.06 bits per heavy atom. The molecule has 1 aliphatic carbocycles. The maximum absolute atomic E-state index is 11.7. The zero-order valence-corrected chi connectivity index (χ0v) is 9.32. The van der Waals surface area contributed by atoms with Gasteiger partial charge < -0.3 is 4.74 Å². The minimum Gasteiger partial charge on any atom is -0.496 e. The van der Waals surface area contributed by atoms with Crippen LogP contribution >= 0.6 is 0 Å². The quantitative estimate of drug-likeness (QED) is 0.707. The Balaban J connectivity index is 2.36. The van der Waals surface area contributed by atoms with Crippen molar-refractivity contribution in [1.82, 2.24) is 0 Å². The molecule has 0 aromatic heterocycles. The molecule has 1 saturated carbocycles. The van der Waals surface area contributed by atoms with E-state index >= 15 is 0 Å². The number of hydrogen-bond acceptors (Lipinski definition) is 2. The molecule has 1 aromatic rings. The smallest absolute Gasteiger partial charge is 0.184 e. The second-order valence-corrected chi connectivity index (χ2v) is 3.84. The van der Waals surface area contributed by atoms with Crippen LogP contribution in [0.1, 0.15) is 18.4 Å². The van der Waals surface area contributed by atoms with E-state index in [2.05, 4.69) is 6.58 Å². The first-order valence-electron chi connectivity index (χ1n) is 5.28. The first kappa shape index (κ1) is 10.7. The molecule has 0 bridgehead atoms. The molecule has 2 rings (SSSR count). The number of ketones is 1. The van der Waals surface area contributed by atoms with Crippen molar-refractivity contribution < 1.29 is 9.53 Å². The van der Waals surface area contributed by atoms with Gasteiger partial charge in [0.25, 0.3) is 0 Å². The Labute approximate surface area is 95.2 Å². The lowest BCUT2D eigenvalue weighted by molar-refractivity contribution is -0.111. The molecule has 1 aromatic carbocycles. The first-order valence-corrected chi connectivity index (χ1v) is 5.28. The Hall–Kier alpha value is -1.83. The normalized spacial score (nSPS) is 18.2. The molecule has 0 aliphatic heterocycles. The summed E-state index contributed by atoms with van der Waals surface area (Å²) in [6.45, 7) is 3.75. The van der Waals surface area contributed by atoms with Crippen molar-refractivity contribution in [3.63, 3.8) is 0 Å². The molecule has 0 N–H and O–H groups in total. The Bertz CT molecular complexity index is 469. The van der Waals surface area contributed by atoms with Gasteiger partial charge in [0.2, 0.25) is 0 Å². The lowest BCUT2D eigenvalue weighted by Gasteiger charge is -2.04. The van der Waals surface area contributed by atoms with Crippen LogP contribution in [0.5, 0.6) is 5.75 Å². The van der Waals surface area contributed by atoms with E-state index in [9.17, 15) is 4.79 Å². The number of benzene rings is 1. The minimum absolute atomic E-state index is 0.0888. The van der Waals surface area contributed by atoms with Crippen LogP contribution in [-0.2, 0) is 4.79 Å². The van der Waals surface area contributed by atoms with Crippen LogP contribution in [0.15, 0.2) is 42.0 Å². The van der Waals surface area contributed by atoms with Crippen LogP contribution in [0.4, 0.5) is 0 Å². The zero-order valence-electron chi connectivity index (χ0n) is 9.32. The first-order chi connectivity index (χ1) is 7.72. The topological polar surface area (TPSA) is 26.3 Å². The monoisotopic (exact) mass is 214 g/mol. The van der Waals surface area contributed by atoms with Gasteiger partial charge in [-0.3, -0.25) is 4.79 Å². The van der Waals surface area contributed by atoms with Crippen molar-refractivity contribution in [3.05, 3.63) is 47.6 Å². The fraction of sp³-hybridized carbons (Fsp3) is 0.214. The highest BCUT2D eigenvalue weighted by Gasteiger charge is 2.21. The molecule has 0 spiro atoms. The van der Waals surface area contributed by atoms with Crippen LogP contribution < -0.4 is 4.74 Å². The van der Waals surface area contributed by atoms with Crippen molar-refractivity contribution in [2.75, 3.05) is 7.11 Å². The van der Waals surface area contributed by atoms with E-state index in [-0.39, 0.29) is 5.78 Å². The number of methoxy groups -OCH3 is 1. The average Bonchev–Trinajstić information content (AvgIpc) is 2.62. The third-order valence-corrected chi connectivity index (χ3v) is 2.78. The molecule has 0 saturated heterocycles. The number of ether oxygens (including phenoxy) is 1. The summed E-state index contributed by atoms with van der Waals surface area (Å²) in [5, 5.41) is 0. The maximum Gasteiger partial charge on any atom is 0.184 e. The molecular formula is C14H14O2. The number of allylic oxidation sites excluding steroid dienone is 2. The highest BCUT2D eigenvalue weighted by molar-refractivity contribution is 6.13. The number of para-hydroxylation sites is 1. The van der Waals surface area contributed by atoms with Gasteiger partial charge in [0.05, 0.1) is 7.11 Å². The third kappa shape index (κ3) is 1.91. The molecular weight excluding hydrogens is 200 g/mol. The Kier molecular flexibility index (Phi) is 2.91. The van der Waals surface area contributed by atoms with E-state index < -0.39 is 0 Å². The van der Waals surface area contributed by atoms with Crippen molar-refractivity contribution >= 4 is 11.9 Å². The van der Waals surface area contributed by atoms with Crippen LogP contribution in [0.3, 0.4) is 0 Å². The molecule has 0 atom stereocenters. The molecule has 0 unspecified atom stereocenters. The van der Waals surface area contributed by atoms with Crippen LogP contribution in [-0.4, -0.2) is 12.9 Å². The number of hydrogen-bond donors (Lipinski definition) is 0. The molecule has 1 aliphatic rings. The summed E-state index contributed by atoms with van der Waals surface area (Å²) in [4.78, 5) is 11.7. The maximum atomic E-state index is 11.7. The van der Waals surface area contributed by atoms with Crippen LogP contribution in [0.25, 0.3) is 6.08 Å². The summed E-state index contributed by atoms with van der Waals surface area (Å²) in [6.07, 6.45) is 3.47. The van der Waals surface area contributed by atoms with Crippen LogP contribution in [0, 0.1) is 0 Å². The zero-order chi connectivity index (χ0) is 11.5. The highest BCUT2D eigenvalue weighted by atomic mass is 16.5. The van der Waals surface area contributed by atoms with Crippen molar-refractivity contribution in [3.8, 4) is 5.75 Å². The molecule has 0 heterocycles. The average molecular weight is 214 g/mol. The Morgan fingerprint density at radius 3 is 2.69 bits per heavy atom. The molecule has 1 fully saturated rings. The Morgan fingerprint density at radius 1 is 1.31 bits per heavy atom. The number of carbonyl (C=O) groups excluding carboxylic acids is 1. The predicted octanol–water partition coefficient (Wildman–Crippen LogP) is 3.00. The van der Waals surface area contributed by atoms with E-state index in [1.54, 1.807) is 7.11 Å². The van der Waals surface area contributed by atoms with E-state index in [0.29, 0.717) is 5.57 Å². The van der Waals surface area contributed by atoms with Crippen LogP contribution in [0.2, 0.25) is 0 Å². The predicted molar refractivity (Wildman–Crippen MR) is 64.4 cm³/mol. The van der Waals surface area contributed by atoms with Gasteiger partial charge in [-0.25, -0.2) is 0 Å². The van der Waals surface area contributed by atoms with Crippen molar-refractivity contribution in [2.24, 2.45) is 0 Å².